The van der Waals surface area contributed by atoms with Crippen molar-refractivity contribution in [1.29, 1.82) is 0 Å². The number of likely N-dealkylation sites (tertiary alicyclic amines) is 1. The molecule has 1 aromatic carbocycles. The standard InChI is InChI=1S/C18H21F3N4O2/c1-17(2,3)25-13-7-5-4-6-12(13)22-16(25)23-15(27)11-8-14(26)24(9-11)10-18(19,20)21/h4-7,11H,8-10H2,1-3H3,(H,22,23,27). The van der Waals surface area contributed by atoms with Gasteiger partial charge >= 0.3 is 6.18 Å². The van der Waals surface area contributed by atoms with Gasteiger partial charge in [-0.1, -0.05) is 12.1 Å². The summed E-state index contributed by atoms with van der Waals surface area (Å²) in [4.78, 5) is 29.5. The Bertz CT molecular complexity index is 883. The second-order valence-corrected chi connectivity index (χ2v) is 7.71. The van der Waals surface area contributed by atoms with Crippen molar-refractivity contribution in [3.05, 3.63) is 24.3 Å². The molecule has 146 valence electrons. The molecule has 6 nitrogen and oxygen atoms in total. The van der Waals surface area contributed by atoms with Crippen LogP contribution in [0.5, 0.6) is 0 Å². The number of nitrogens with zero attached hydrogens (tertiary/aromatic N) is 3. The van der Waals surface area contributed by atoms with Crippen LogP contribution in [-0.4, -0.2) is 45.5 Å². The summed E-state index contributed by atoms with van der Waals surface area (Å²) in [5, 5.41) is 2.71. The van der Waals surface area contributed by atoms with Crippen LogP contribution in [-0.2, 0) is 15.1 Å². The quantitative estimate of drug-likeness (QED) is 0.887. The Morgan fingerprint density at radius 1 is 1.26 bits per heavy atom. The van der Waals surface area contributed by atoms with Crippen LogP contribution in [0.3, 0.4) is 0 Å². The molecule has 0 saturated carbocycles. The predicted octanol–water partition coefficient (Wildman–Crippen LogP) is 3.14. The molecule has 2 amide bonds. The zero-order chi connectivity index (χ0) is 20.0. The van der Waals surface area contributed by atoms with Gasteiger partial charge in [0.25, 0.3) is 0 Å². The average molecular weight is 382 g/mol. The maximum atomic E-state index is 12.6. The van der Waals surface area contributed by atoms with Gasteiger partial charge in [0.2, 0.25) is 17.8 Å². The first-order valence-electron chi connectivity index (χ1n) is 8.59. The molecule has 0 aliphatic carbocycles. The summed E-state index contributed by atoms with van der Waals surface area (Å²) in [6.07, 6.45) is -4.72. The summed E-state index contributed by atoms with van der Waals surface area (Å²) in [6, 6.07) is 7.39. The minimum atomic E-state index is -4.48. The lowest BCUT2D eigenvalue weighted by Gasteiger charge is -2.25. The molecule has 1 aliphatic heterocycles. The monoisotopic (exact) mass is 382 g/mol. The number of alkyl halides is 3. The van der Waals surface area contributed by atoms with Crippen LogP contribution in [0.2, 0.25) is 0 Å². The van der Waals surface area contributed by atoms with E-state index in [4.69, 9.17) is 0 Å². The second kappa shape index (κ2) is 6.54. The van der Waals surface area contributed by atoms with Crippen LogP contribution in [0.4, 0.5) is 19.1 Å². The fourth-order valence-corrected chi connectivity index (χ4v) is 3.32. The Morgan fingerprint density at radius 3 is 2.56 bits per heavy atom. The van der Waals surface area contributed by atoms with Crippen molar-refractivity contribution < 1.29 is 22.8 Å². The first-order chi connectivity index (χ1) is 12.5. The molecule has 1 fully saturated rings. The Kier molecular flexibility index (Phi) is 4.65. The van der Waals surface area contributed by atoms with E-state index in [1.807, 2.05) is 49.6 Å². The number of halogens is 3. The fourth-order valence-electron chi connectivity index (χ4n) is 3.32. The summed E-state index contributed by atoms with van der Waals surface area (Å²) in [5.41, 5.74) is 1.15. The van der Waals surface area contributed by atoms with Crippen LogP contribution in [0.15, 0.2) is 24.3 Å². The highest BCUT2D eigenvalue weighted by Gasteiger charge is 2.41. The van der Waals surface area contributed by atoms with Gasteiger partial charge < -0.3 is 9.47 Å². The Labute approximate surface area is 154 Å². The lowest BCUT2D eigenvalue weighted by Crippen LogP contribution is -2.36. The zero-order valence-electron chi connectivity index (χ0n) is 15.3. The number of amides is 2. The predicted molar refractivity (Wildman–Crippen MR) is 94.1 cm³/mol. The van der Waals surface area contributed by atoms with Gasteiger partial charge in [0.1, 0.15) is 6.54 Å². The summed E-state index contributed by atoms with van der Waals surface area (Å²) < 4.78 is 39.5. The third-order valence-electron chi connectivity index (χ3n) is 4.42. The number of carbonyl (C=O) groups excluding carboxylic acids is 2. The third kappa shape index (κ3) is 4.06. The minimum absolute atomic E-state index is 0.238. The molecule has 1 atom stereocenters. The van der Waals surface area contributed by atoms with Crippen molar-refractivity contribution in [2.24, 2.45) is 5.92 Å². The van der Waals surface area contributed by atoms with Gasteiger partial charge in [-0.25, -0.2) is 4.98 Å². The number of rotatable bonds is 3. The number of benzene rings is 1. The zero-order valence-corrected chi connectivity index (χ0v) is 15.3. The average Bonchev–Trinajstić information content (AvgIpc) is 3.05. The van der Waals surface area contributed by atoms with Crippen LogP contribution in [0.1, 0.15) is 27.2 Å². The SMILES string of the molecule is CC(C)(C)n1c(NC(=O)C2CC(=O)N(CC(F)(F)F)C2)nc2ccccc21. The van der Waals surface area contributed by atoms with Crippen molar-refractivity contribution in [2.75, 3.05) is 18.4 Å². The Balaban J connectivity index is 1.82. The van der Waals surface area contributed by atoms with Gasteiger partial charge in [-0.3, -0.25) is 14.9 Å². The molecule has 0 radical (unpaired) electrons. The van der Waals surface area contributed by atoms with E-state index in [9.17, 15) is 22.8 Å². The van der Waals surface area contributed by atoms with Crippen molar-refractivity contribution in [3.63, 3.8) is 0 Å². The Morgan fingerprint density at radius 2 is 1.93 bits per heavy atom. The van der Waals surface area contributed by atoms with Crippen LogP contribution in [0.25, 0.3) is 11.0 Å². The molecule has 0 bridgehead atoms. The van der Waals surface area contributed by atoms with Gasteiger partial charge in [-0.05, 0) is 32.9 Å². The highest BCUT2D eigenvalue weighted by Crippen LogP contribution is 2.29. The summed E-state index contributed by atoms with van der Waals surface area (Å²) >= 11 is 0. The van der Waals surface area contributed by atoms with E-state index in [0.29, 0.717) is 16.4 Å². The number of imidazole rings is 1. The number of fused-ring (bicyclic) bond motifs is 1. The number of para-hydroxylation sites is 2. The van der Waals surface area contributed by atoms with Crippen LogP contribution in [0, 0.1) is 5.92 Å². The van der Waals surface area contributed by atoms with Gasteiger partial charge in [0.05, 0.1) is 17.0 Å². The molecule has 1 N–H and O–H groups in total. The van der Waals surface area contributed by atoms with Gasteiger partial charge in [-0.2, -0.15) is 13.2 Å². The summed E-state index contributed by atoms with van der Waals surface area (Å²) in [7, 11) is 0. The molecule has 0 spiro atoms. The number of nitrogens with one attached hydrogen (secondary N) is 1. The van der Waals surface area contributed by atoms with Crippen molar-refractivity contribution >= 4 is 28.8 Å². The molecular formula is C18H21F3N4O2. The van der Waals surface area contributed by atoms with E-state index in [-0.39, 0.29) is 18.5 Å². The first kappa shape index (κ1) is 19.2. The second-order valence-electron chi connectivity index (χ2n) is 7.71. The number of anilines is 1. The van der Waals surface area contributed by atoms with E-state index in [1.54, 1.807) is 0 Å². The molecule has 1 saturated heterocycles. The lowest BCUT2D eigenvalue weighted by atomic mass is 10.1. The van der Waals surface area contributed by atoms with E-state index in [2.05, 4.69) is 10.3 Å². The maximum absolute atomic E-state index is 12.6. The van der Waals surface area contributed by atoms with Crippen LogP contribution < -0.4 is 5.32 Å². The van der Waals surface area contributed by atoms with E-state index < -0.39 is 30.5 Å². The van der Waals surface area contributed by atoms with Crippen LogP contribution >= 0.6 is 0 Å². The van der Waals surface area contributed by atoms with Gasteiger partial charge in [0, 0.05) is 18.5 Å². The summed E-state index contributed by atoms with van der Waals surface area (Å²) in [5.74, 6) is -1.70. The number of carbonyl (C=O) groups is 2. The minimum Gasteiger partial charge on any atom is -0.333 e. The maximum Gasteiger partial charge on any atom is 0.406 e. The number of hydrogen-bond donors (Lipinski definition) is 1. The van der Waals surface area contributed by atoms with Crippen molar-refractivity contribution in [3.8, 4) is 0 Å². The van der Waals surface area contributed by atoms with Gasteiger partial charge in [-0.15, -0.1) is 0 Å². The molecular weight excluding hydrogens is 361 g/mol. The molecule has 1 unspecified atom stereocenters. The normalized spacial score (nSPS) is 18.4. The topological polar surface area (TPSA) is 67.2 Å². The van der Waals surface area contributed by atoms with Crippen molar-refractivity contribution in [2.45, 2.75) is 38.9 Å². The number of aromatic nitrogens is 2. The first-order valence-corrected chi connectivity index (χ1v) is 8.59. The smallest absolute Gasteiger partial charge is 0.333 e. The van der Waals surface area contributed by atoms with E-state index >= 15 is 0 Å². The largest absolute Gasteiger partial charge is 0.406 e. The molecule has 9 heteroatoms. The highest BCUT2D eigenvalue weighted by atomic mass is 19.4. The molecule has 1 aromatic heterocycles. The fraction of sp³-hybridized carbons (Fsp3) is 0.500. The molecule has 27 heavy (non-hydrogen) atoms. The summed E-state index contributed by atoms with van der Waals surface area (Å²) in [6.45, 7) is 4.29. The molecule has 1 aliphatic rings. The molecule has 2 heterocycles. The molecule has 2 aromatic rings. The van der Waals surface area contributed by atoms with E-state index in [1.165, 1.54) is 0 Å². The van der Waals surface area contributed by atoms with E-state index in [0.717, 1.165) is 5.52 Å². The Hall–Kier alpha value is -2.58. The lowest BCUT2D eigenvalue weighted by molar-refractivity contribution is -0.157. The van der Waals surface area contributed by atoms with Crippen molar-refractivity contribution in [1.82, 2.24) is 14.5 Å². The highest BCUT2D eigenvalue weighted by molar-refractivity contribution is 5.97. The van der Waals surface area contributed by atoms with Gasteiger partial charge in [0.15, 0.2) is 0 Å². The number of hydrogen-bond acceptors (Lipinski definition) is 3. The molecule has 3 rings (SSSR count). The third-order valence-corrected chi connectivity index (χ3v) is 4.42.